The zero-order valence-electron chi connectivity index (χ0n) is 12.8. The van der Waals surface area contributed by atoms with Crippen LogP contribution in [0.3, 0.4) is 0 Å². The summed E-state index contributed by atoms with van der Waals surface area (Å²) in [6.07, 6.45) is 2.55. The molecule has 6 nitrogen and oxygen atoms in total. The lowest BCUT2D eigenvalue weighted by Gasteiger charge is -2.30. The van der Waals surface area contributed by atoms with Gasteiger partial charge in [0.25, 0.3) is 0 Å². The first-order valence-electron chi connectivity index (χ1n) is 7.71. The molecule has 2 aliphatic carbocycles. The van der Waals surface area contributed by atoms with Crippen LogP contribution < -0.4 is 10.4 Å². The molecule has 0 spiro atoms. The van der Waals surface area contributed by atoms with E-state index in [2.05, 4.69) is 10.1 Å². The summed E-state index contributed by atoms with van der Waals surface area (Å²) in [7, 11) is 1.30. The van der Waals surface area contributed by atoms with Crippen LogP contribution >= 0.6 is 0 Å². The van der Waals surface area contributed by atoms with E-state index in [1.165, 1.54) is 7.11 Å². The third-order valence-electron chi connectivity index (χ3n) is 5.06. The number of nitrogens with one attached hydrogen (secondary N) is 1. The molecule has 1 aromatic rings. The van der Waals surface area contributed by atoms with Crippen molar-refractivity contribution in [3.63, 3.8) is 0 Å². The van der Waals surface area contributed by atoms with Crippen LogP contribution in [0.1, 0.15) is 29.6 Å². The molecule has 0 unspecified atom stereocenters. The van der Waals surface area contributed by atoms with E-state index in [1.807, 2.05) is 0 Å². The number of ether oxygens (including phenoxy) is 1. The number of hydrogen-bond donors (Lipinski definition) is 1. The van der Waals surface area contributed by atoms with Crippen molar-refractivity contribution >= 4 is 23.5 Å². The van der Waals surface area contributed by atoms with Crippen LogP contribution in [0.2, 0.25) is 0 Å². The average molecular weight is 316 g/mol. The van der Waals surface area contributed by atoms with Crippen molar-refractivity contribution in [3.05, 3.63) is 29.8 Å². The second-order valence-electron chi connectivity index (χ2n) is 6.26. The van der Waals surface area contributed by atoms with E-state index in [9.17, 15) is 19.5 Å². The number of rotatable bonds is 4. The molecule has 0 heterocycles. The highest BCUT2D eigenvalue weighted by Gasteiger charge is 2.51. The van der Waals surface area contributed by atoms with Gasteiger partial charge >= 0.3 is 5.97 Å². The molecule has 1 aromatic carbocycles. The molecule has 2 bridgehead atoms. The van der Waals surface area contributed by atoms with Gasteiger partial charge in [0.1, 0.15) is 0 Å². The van der Waals surface area contributed by atoms with Gasteiger partial charge in [-0.05, 0) is 55.4 Å². The number of carbonyl (C=O) groups excluding carboxylic acids is 3. The number of carboxylic acids is 1. The molecular weight excluding hydrogens is 298 g/mol. The highest BCUT2D eigenvalue weighted by molar-refractivity contribution is 5.96. The SMILES string of the molecule is COC(=O)c1ccc(NC(=O)[C@H]2[C@H]3CC[C@@H](C3)[C@@H]2C(=O)[O-])cc1. The van der Waals surface area contributed by atoms with Gasteiger partial charge in [0.2, 0.25) is 5.91 Å². The quantitative estimate of drug-likeness (QED) is 0.830. The minimum atomic E-state index is -1.13. The maximum atomic E-state index is 12.5. The Hall–Kier alpha value is -2.37. The summed E-state index contributed by atoms with van der Waals surface area (Å²) >= 11 is 0. The smallest absolute Gasteiger partial charge is 0.337 e. The molecule has 2 fully saturated rings. The van der Waals surface area contributed by atoms with Crippen molar-refractivity contribution in [2.75, 3.05) is 12.4 Å². The molecular formula is C17H18NO5-. The van der Waals surface area contributed by atoms with Crippen molar-refractivity contribution in [1.29, 1.82) is 0 Å². The van der Waals surface area contributed by atoms with E-state index >= 15 is 0 Å². The van der Waals surface area contributed by atoms with Gasteiger partial charge in [-0.25, -0.2) is 4.79 Å². The maximum Gasteiger partial charge on any atom is 0.337 e. The first kappa shape index (κ1) is 15.5. The monoisotopic (exact) mass is 316 g/mol. The molecule has 2 saturated carbocycles. The summed E-state index contributed by atoms with van der Waals surface area (Å²) in [6, 6.07) is 6.31. The summed E-state index contributed by atoms with van der Waals surface area (Å²) in [5.41, 5.74) is 0.917. The summed E-state index contributed by atoms with van der Waals surface area (Å²) < 4.78 is 4.61. The summed E-state index contributed by atoms with van der Waals surface area (Å²) in [5, 5.41) is 14.1. The van der Waals surface area contributed by atoms with E-state index in [0.717, 1.165) is 19.3 Å². The van der Waals surface area contributed by atoms with Gasteiger partial charge in [0, 0.05) is 23.5 Å². The van der Waals surface area contributed by atoms with Gasteiger partial charge in [-0.2, -0.15) is 0 Å². The molecule has 0 aromatic heterocycles. The molecule has 6 heteroatoms. The Labute approximate surface area is 133 Å². The molecule has 2 aliphatic rings. The number of fused-ring (bicyclic) bond motifs is 2. The normalized spacial score (nSPS) is 28.4. The molecule has 0 saturated heterocycles. The molecule has 1 N–H and O–H groups in total. The van der Waals surface area contributed by atoms with Crippen LogP contribution in [-0.4, -0.2) is 25.0 Å². The molecule has 3 rings (SSSR count). The number of anilines is 1. The third kappa shape index (κ3) is 2.81. The van der Waals surface area contributed by atoms with Gasteiger partial charge in [-0.1, -0.05) is 0 Å². The summed E-state index contributed by atoms with van der Waals surface area (Å²) in [4.78, 5) is 35.2. The van der Waals surface area contributed by atoms with E-state index in [0.29, 0.717) is 11.3 Å². The highest BCUT2D eigenvalue weighted by Crippen LogP contribution is 2.52. The summed E-state index contributed by atoms with van der Waals surface area (Å²) in [5.74, 6) is -2.90. The molecule has 0 aliphatic heterocycles. The van der Waals surface area contributed by atoms with E-state index in [-0.39, 0.29) is 17.7 Å². The fraction of sp³-hybridized carbons (Fsp3) is 0.471. The van der Waals surface area contributed by atoms with Crippen molar-refractivity contribution in [3.8, 4) is 0 Å². The minimum absolute atomic E-state index is 0.0578. The van der Waals surface area contributed by atoms with E-state index in [4.69, 9.17) is 0 Å². The van der Waals surface area contributed by atoms with E-state index < -0.39 is 23.8 Å². The van der Waals surface area contributed by atoms with Gasteiger partial charge in [-0.15, -0.1) is 0 Å². The zero-order chi connectivity index (χ0) is 16.6. The third-order valence-corrected chi connectivity index (χ3v) is 5.06. The van der Waals surface area contributed by atoms with Crippen LogP contribution in [0.4, 0.5) is 5.69 Å². The Morgan fingerprint density at radius 2 is 1.70 bits per heavy atom. The second kappa shape index (κ2) is 6.02. The number of aliphatic carboxylic acids is 1. The number of benzene rings is 1. The largest absolute Gasteiger partial charge is 0.550 e. The predicted octanol–water partition coefficient (Wildman–Crippen LogP) is 0.824. The van der Waals surface area contributed by atoms with Gasteiger partial charge < -0.3 is 20.0 Å². The molecule has 23 heavy (non-hydrogen) atoms. The fourth-order valence-electron chi connectivity index (χ4n) is 4.04. The van der Waals surface area contributed by atoms with Crippen LogP contribution in [0.5, 0.6) is 0 Å². The maximum absolute atomic E-state index is 12.5. The fourth-order valence-corrected chi connectivity index (χ4v) is 4.04. The lowest BCUT2D eigenvalue weighted by Crippen LogP contribution is -2.43. The van der Waals surface area contributed by atoms with Crippen molar-refractivity contribution in [1.82, 2.24) is 0 Å². The zero-order valence-corrected chi connectivity index (χ0v) is 12.8. The Bertz CT molecular complexity index is 639. The Morgan fingerprint density at radius 3 is 2.26 bits per heavy atom. The number of methoxy groups -OCH3 is 1. The number of carbonyl (C=O) groups is 3. The van der Waals surface area contributed by atoms with Gasteiger partial charge in [-0.3, -0.25) is 4.79 Å². The average Bonchev–Trinajstić information content (AvgIpc) is 3.15. The molecule has 0 radical (unpaired) electrons. The predicted molar refractivity (Wildman–Crippen MR) is 79.2 cm³/mol. The summed E-state index contributed by atoms with van der Waals surface area (Å²) in [6.45, 7) is 0. The van der Waals surface area contributed by atoms with Crippen LogP contribution in [0.15, 0.2) is 24.3 Å². The Kier molecular flexibility index (Phi) is 4.07. The van der Waals surface area contributed by atoms with Gasteiger partial charge in [0.15, 0.2) is 0 Å². The first-order valence-corrected chi connectivity index (χ1v) is 7.71. The van der Waals surface area contributed by atoms with Crippen LogP contribution in [0, 0.1) is 23.7 Å². The van der Waals surface area contributed by atoms with E-state index in [1.54, 1.807) is 24.3 Å². The molecule has 122 valence electrons. The molecule has 1 amide bonds. The van der Waals surface area contributed by atoms with Crippen molar-refractivity contribution in [2.24, 2.45) is 23.7 Å². The van der Waals surface area contributed by atoms with Crippen LogP contribution in [0.25, 0.3) is 0 Å². The van der Waals surface area contributed by atoms with Crippen molar-refractivity contribution in [2.45, 2.75) is 19.3 Å². The van der Waals surface area contributed by atoms with Crippen LogP contribution in [-0.2, 0) is 14.3 Å². The number of carboxylic acid groups (broad SMARTS) is 1. The second-order valence-corrected chi connectivity index (χ2v) is 6.26. The molecule has 4 atom stereocenters. The first-order chi connectivity index (χ1) is 11.0. The Morgan fingerprint density at radius 1 is 1.09 bits per heavy atom. The lowest BCUT2D eigenvalue weighted by molar-refractivity contribution is -0.314. The Balaban J connectivity index is 1.71. The highest BCUT2D eigenvalue weighted by atomic mass is 16.5. The standard InChI is InChI=1S/C17H19NO5/c1-23-17(22)9-4-6-12(7-5-9)18-15(19)13-10-2-3-11(8-10)14(13)16(20)21/h4-7,10-11,13-14H,2-3,8H2,1H3,(H,18,19)(H,20,21)/p-1/t10-,11-,13-,14-/m0/s1. The van der Waals surface area contributed by atoms with Crippen molar-refractivity contribution < 1.29 is 24.2 Å². The number of esters is 1. The number of amides is 1. The minimum Gasteiger partial charge on any atom is -0.550 e. The lowest BCUT2D eigenvalue weighted by atomic mass is 9.78. The number of hydrogen-bond acceptors (Lipinski definition) is 5. The van der Waals surface area contributed by atoms with Gasteiger partial charge in [0.05, 0.1) is 12.7 Å². The topological polar surface area (TPSA) is 95.5 Å².